The first kappa shape index (κ1) is 11.8. The molecular weight excluding hydrogens is 221 g/mol. The van der Waals surface area contributed by atoms with Gasteiger partial charge in [0.15, 0.2) is 0 Å². The lowest BCUT2D eigenvalue weighted by atomic mass is 10.2. The van der Waals surface area contributed by atoms with Crippen LogP contribution in [0.15, 0.2) is 12.3 Å². The van der Waals surface area contributed by atoms with Crippen molar-refractivity contribution in [1.82, 2.24) is 24.9 Å². The molecule has 0 amide bonds. The molecule has 2 aromatic heterocycles. The minimum Gasteiger partial charge on any atom is -0.307 e. The number of hydrogen-bond donors (Lipinski definition) is 1. The Morgan fingerprint density at radius 3 is 2.59 bits per heavy atom. The van der Waals surface area contributed by atoms with Crippen molar-refractivity contribution in [3.63, 3.8) is 0 Å². The zero-order valence-electron chi connectivity index (χ0n) is 10.2. The second-order valence-electron chi connectivity index (χ2n) is 4.06. The van der Waals surface area contributed by atoms with E-state index >= 15 is 0 Å². The van der Waals surface area contributed by atoms with Crippen LogP contribution in [0.2, 0.25) is 0 Å². The molecule has 0 aromatic carbocycles. The Bertz CT molecular complexity index is 514. The first-order valence-electron chi connectivity index (χ1n) is 5.45. The second-order valence-corrected chi connectivity index (χ2v) is 4.06. The van der Waals surface area contributed by atoms with Crippen molar-refractivity contribution in [2.45, 2.75) is 20.0 Å². The summed E-state index contributed by atoms with van der Waals surface area (Å²) in [5.41, 5.74) is 2.27. The Labute approximate surface area is 99.2 Å². The molecule has 2 rings (SSSR count). The molecule has 2 aromatic rings. The predicted octanol–water partition coefficient (Wildman–Crippen LogP) is 0.891. The van der Waals surface area contributed by atoms with Crippen molar-refractivity contribution in [2.24, 2.45) is 14.1 Å². The second kappa shape index (κ2) is 4.67. The maximum atomic E-state index is 13.6. The fraction of sp³-hybridized carbons (Fsp3) is 0.455. The zero-order valence-corrected chi connectivity index (χ0v) is 10.2. The van der Waals surface area contributed by atoms with Crippen LogP contribution in [-0.2, 0) is 27.2 Å². The highest BCUT2D eigenvalue weighted by Gasteiger charge is 2.12. The Morgan fingerprint density at radius 2 is 2.06 bits per heavy atom. The highest BCUT2D eigenvalue weighted by atomic mass is 19.1. The highest BCUT2D eigenvalue weighted by Crippen LogP contribution is 2.10. The van der Waals surface area contributed by atoms with E-state index < -0.39 is 0 Å². The Hall–Kier alpha value is -1.69. The molecule has 0 aliphatic rings. The fourth-order valence-electron chi connectivity index (χ4n) is 1.75. The van der Waals surface area contributed by atoms with Crippen molar-refractivity contribution in [2.75, 3.05) is 0 Å². The first-order valence-corrected chi connectivity index (χ1v) is 5.45. The average Bonchev–Trinajstić information content (AvgIpc) is 2.78. The van der Waals surface area contributed by atoms with E-state index in [9.17, 15) is 4.39 Å². The Kier molecular flexibility index (Phi) is 3.23. The van der Waals surface area contributed by atoms with Gasteiger partial charge in [-0.15, -0.1) is 0 Å². The van der Waals surface area contributed by atoms with Gasteiger partial charge in [-0.05, 0) is 13.0 Å². The molecule has 0 atom stereocenters. The van der Waals surface area contributed by atoms with Gasteiger partial charge < -0.3 is 5.32 Å². The van der Waals surface area contributed by atoms with Crippen LogP contribution in [0, 0.1) is 12.9 Å². The van der Waals surface area contributed by atoms with E-state index in [1.807, 2.05) is 19.3 Å². The zero-order chi connectivity index (χ0) is 12.4. The summed E-state index contributed by atoms with van der Waals surface area (Å²) in [5, 5.41) is 11.4. The molecule has 17 heavy (non-hydrogen) atoms. The van der Waals surface area contributed by atoms with Crippen molar-refractivity contribution >= 4 is 0 Å². The lowest BCUT2D eigenvalue weighted by Crippen LogP contribution is -2.14. The van der Waals surface area contributed by atoms with Crippen LogP contribution in [0.4, 0.5) is 4.39 Å². The third kappa shape index (κ3) is 2.52. The van der Waals surface area contributed by atoms with Gasteiger partial charge in [-0.3, -0.25) is 4.68 Å². The normalized spacial score (nSPS) is 11.1. The number of rotatable bonds is 4. The lowest BCUT2D eigenvalue weighted by molar-refractivity contribution is 0.489. The summed E-state index contributed by atoms with van der Waals surface area (Å²) in [5.74, 6) is -0.281. The molecule has 0 saturated heterocycles. The van der Waals surface area contributed by atoms with E-state index in [0.29, 0.717) is 18.7 Å². The van der Waals surface area contributed by atoms with Gasteiger partial charge in [0.05, 0.1) is 11.4 Å². The number of nitrogens with one attached hydrogen (secondary N) is 1. The van der Waals surface area contributed by atoms with Gasteiger partial charge in [-0.25, -0.2) is 4.68 Å². The molecule has 0 unspecified atom stereocenters. The van der Waals surface area contributed by atoms with E-state index in [2.05, 4.69) is 15.5 Å². The largest absolute Gasteiger partial charge is 0.307 e. The average molecular weight is 237 g/mol. The van der Waals surface area contributed by atoms with Crippen LogP contribution in [0.3, 0.4) is 0 Å². The fourth-order valence-corrected chi connectivity index (χ4v) is 1.75. The van der Waals surface area contributed by atoms with Gasteiger partial charge in [0.2, 0.25) is 5.95 Å². The van der Waals surface area contributed by atoms with E-state index in [0.717, 1.165) is 11.4 Å². The summed E-state index contributed by atoms with van der Waals surface area (Å²) >= 11 is 0. The van der Waals surface area contributed by atoms with Gasteiger partial charge in [-0.2, -0.15) is 14.6 Å². The smallest absolute Gasteiger partial charge is 0.215 e. The molecule has 0 radical (unpaired) electrons. The molecule has 1 N–H and O–H groups in total. The molecule has 2 heterocycles. The Balaban J connectivity index is 1.94. The number of nitrogens with zero attached hydrogens (tertiary/aromatic N) is 4. The van der Waals surface area contributed by atoms with Crippen molar-refractivity contribution in [1.29, 1.82) is 0 Å². The van der Waals surface area contributed by atoms with E-state index in [4.69, 9.17) is 0 Å². The molecule has 0 fully saturated rings. The van der Waals surface area contributed by atoms with Gasteiger partial charge in [-0.1, -0.05) is 0 Å². The molecule has 0 aliphatic heterocycles. The minimum absolute atomic E-state index is 0.281. The maximum absolute atomic E-state index is 13.6. The predicted molar refractivity (Wildman–Crippen MR) is 61.7 cm³/mol. The first-order chi connectivity index (χ1) is 8.08. The van der Waals surface area contributed by atoms with Gasteiger partial charge in [0.25, 0.3) is 0 Å². The van der Waals surface area contributed by atoms with Gasteiger partial charge in [0.1, 0.15) is 0 Å². The van der Waals surface area contributed by atoms with Crippen molar-refractivity contribution in [3.8, 4) is 0 Å². The molecule has 0 saturated carbocycles. The quantitative estimate of drug-likeness (QED) is 0.859. The summed E-state index contributed by atoms with van der Waals surface area (Å²) in [6.45, 7) is 2.89. The Morgan fingerprint density at radius 1 is 1.29 bits per heavy atom. The summed E-state index contributed by atoms with van der Waals surface area (Å²) < 4.78 is 16.6. The molecule has 0 aliphatic carbocycles. The maximum Gasteiger partial charge on any atom is 0.215 e. The molecule has 92 valence electrons. The van der Waals surface area contributed by atoms with Gasteiger partial charge >= 0.3 is 0 Å². The number of hydrogen-bond acceptors (Lipinski definition) is 3. The summed E-state index contributed by atoms with van der Waals surface area (Å²) in [6.07, 6.45) is 1.88. The molecule has 5 nitrogen and oxygen atoms in total. The van der Waals surface area contributed by atoms with Gasteiger partial charge in [0, 0.05) is 38.9 Å². The van der Waals surface area contributed by atoms with Crippen LogP contribution in [0.1, 0.15) is 17.0 Å². The number of halogens is 1. The van der Waals surface area contributed by atoms with E-state index in [1.165, 1.54) is 4.68 Å². The van der Waals surface area contributed by atoms with Crippen LogP contribution in [-0.4, -0.2) is 19.6 Å². The van der Waals surface area contributed by atoms with Crippen molar-refractivity contribution < 1.29 is 4.39 Å². The number of aromatic nitrogens is 4. The highest BCUT2D eigenvalue weighted by molar-refractivity contribution is 5.17. The SMILES string of the molecule is Cc1nn(C)c(F)c1CNCc1ccn(C)n1. The molecule has 6 heteroatoms. The lowest BCUT2D eigenvalue weighted by Gasteiger charge is -2.01. The summed E-state index contributed by atoms with van der Waals surface area (Å²) in [6, 6.07) is 1.93. The third-order valence-corrected chi connectivity index (χ3v) is 2.65. The van der Waals surface area contributed by atoms with E-state index in [-0.39, 0.29) is 5.95 Å². The van der Waals surface area contributed by atoms with Crippen LogP contribution in [0.25, 0.3) is 0 Å². The van der Waals surface area contributed by atoms with Crippen LogP contribution < -0.4 is 5.32 Å². The number of aryl methyl sites for hydroxylation is 3. The standard InChI is InChI=1S/C11H16FN5/c1-8-10(11(12)17(3)14-8)7-13-6-9-4-5-16(2)15-9/h4-5,13H,6-7H2,1-3H3. The molecular formula is C11H16FN5. The topological polar surface area (TPSA) is 47.7 Å². The molecule has 0 bridgehead atoms. The monoisotopic (exact) mass is 237 g/mol. The molecule has 0 spiro atoms. The summed E-state index contributed by atoms with van der Waals surface area (Å²) in [7, 11) is 3.47. The summed E-state index contributed by atoms with van der Waals surface area (Å²) in [4.78, 5) is 0. The van der Waals surface area contributed by atoms with Crippen LogP contribution >= 0.6 is 0 Å². The third-order valence-electron chi connectivity index (χ3n) is 2.65. The van der Waals surface area contributed by atoms with E-state index in [1.54, 1.807) is 18.7 Å². The van der Waals surface area contributed by atoms with Crippen molar-refractivity contribution in [3.05, 3.63) is 35.2 Å². The minimum atomic E-state index is -0.281. The van der Waals surface area contributed by atoms with Crippen LogP contribution in [0.5, 0.6) is 0 Å².